The van der Waals surface area contributed by atoms with E-state index < -0.39 is 12.2 Å². The molecule has 1 unspecified atom stereocenters. The predicted molar refractivity (Wildman–Crippen MR) is 71.0 cm³/mol. The molecule has 0 bridgehead atoms. The summed E-state index contributed by atoms with van der Waals surface area (Å²) in [5.74, 6) is 0. The molecule has 0 aliphatic rings. The number of unbranched alkanes of at least 4 members (excludes halogenated alkanes) is 1. The van der Waals surface area contributed by atoms with E-state index in [0.29, 0.717) is 26.3 Å². The van der Waals surface area contributed by atoms with Crippen LogP contribution >= 0.6 is 0 Å². The summed E-state index contributed by atoms with van der Waals surface area (Å²) < 4.78 is 15.1. The van der Waals surface area contributed by atoms with Crippen molar-refractivity contribution in [2.24, 2.45) is 5.73 Å². The Bertz CT molecular complexity index is 216. The molecule has 0 radical (unpaired) electrons. The van der Waals surface area contributed by atoms with E-state index >= 15 is 0 Å². The van der Waals surface area contributed by atoms with Crippen molar-refractivity contribution < 1.29 is 24.1 Å². The topological polar surface area (TPSA) is 103 Å². The number of rotatable bonds is 13. The zero-order valence-electron chi connectivity index (χ0n) is 11.6. The molecule has 0 spiro atoms. The molecular formula is C12H26N2O5. The molecule has 0 aromatic heterocycles. The molecule has 0 fully saturated rings. The lowest BCUT2D eigenvalue weighted by Crippen LogP contribution is -2.33. The number of carbonyl (C=O) groups is 1. The number of ether oxygens (including phenoxy) is 3. The minimum atomic E-state index is -0.797. The molecule has 0 saturated carbocycles. The van der Waals surface area contributed by atoms with Crippen molar-refractivity contribution in [2.45, 2.75) is 25.9 Å². The van der Waals surface area contributed by atoms with E-state index in [1.807, 2.05) is 0 Å². The van der Waals surface area contributed by atoms with E-state index in [1.165, 1.54) is 0 Å². The van der Waals surface area contributed by atoms with Gasteiger partial charge in [0.25, 0.3) is 0 Å². The fourth-order valence-electron chi connectivity index (χ4n) is 1.24. The van der Waals surface area contributed by atoms with Crippen LogP contribution in [0.25, 0.3) is 0 Å². The Morgan fingerprint density at radius 3 is 2.68 bits per heavy atom. The van der Waals surface area contributed by atoms with Gasteiger partial charge in [0, 0.05) is 19.7 Å². The zero-order chi connectivity index (χ0) is 14.3. The van der Waals surface area contributed by atoms with Gasteiger partial charge in [-0.25, -0.2) is 4.79 Å². The Morgan fingerprint density at radius 1 is 1.26 bits per heavy atom. The van der Waals surface area contributed by atoms with Crippen LogP contribution in [0, 0.1) is 0 Å². The molecule has 0 aliphatic carbocycles. The maximum atomic E-state index is 10.3. The van der Waals surface area contributed by atoms with Crippen molar-refractivity contribution in [2.75, 3.05) is 46.1 Å². The molecule has 19 heavy (non-hydrogen) atoms. The lowest BCUT2D eigenvalue weighted by atomic mass is 10.4. The molecule has 0 rings (SSSR count). The van der Waals surface area contributed by atoms with Gasteiger partial charge in [0.2, 0.25) is 0 Å². The minimum absolute atomic E-state index is 0.189. The summed E-state index contributed by atoms with van der Waals surface area (Å²) in [6.45, 7) is 5.15. The number of aliphatic hydroxyl groups is 1. The largest absolute Gasteiger partial charge is 0.448 e. The third-order valence-electron chi connectivity index (χ3n) is 2.23. The number of amides is 1. The van der Waals surface area contributed by atoms with Gasteiger partial charge in [0.15, 0.2) is 0 Å². The molecular weight excluding hydrogens is 252 g/mol. The van der Waals surface area contributed by atoms with E-state index in [0.717, 1.165) is 19.4 Å². The molecule has 114 valence electrons. The minimum Gasteiger partial charge on any atom is -0.448 e. The molecule has 0 aromatic carbocycles. The van der Waals surface area contributed by atoms with Gasteiger partial charge >= 0.3 is 6.09 Å². The standard InChI is InChI=1S/C12H26N2O5/c1-2-3-5-17-7-8-18-10-11(15)9-14-4-6-19-12(13)16/h11,14-15H,2-10H2,1H3,(H2,13,16). The van der Waals surface area contributed by atoms with Crippen LogP contribution in [0.5, 0.6) is 0 Å². The summed E-state index contributed by atoms with van der Waals surface area (Å²) in [5.41, 5.74) is 4.79. The summed E-state index contributed by atoms with van der Waals surface area (Å²) in [6.07, 6.45) is 0.780. The van der Waals surface area contributed by atoms with E-state index in [-0.39, 0.29) is 13.2 Å². The highest BCUT2D eigenvalue weighted by Crippen LogP contribution is 1.89. The van der Waals surface area contributed by atoms with Gasteiger partial charge < -0.3 is 30.4 Å². The average Bonchev–Trinajstić information content (AvgIpc) is 2.37. The number of hydrogen-bond acceptors (Lipinski definition) is 6. The zero-order valence-corrected chi connectivity index (χ0v) is 11.6. The van der Waals surface area contributed by atoms with E-state index in [4.69, 9.17) is 15.2 Å². The number of aliphatic hydroxyl groups excluding tert-OH is 1. The summed E-state index contributed by atoms with van der Waals surface area (Å²) in [7, 11) is 0. The first-order valence-electron chi connectivity index (χ1n) is 6.63. The Hall–Kier alpha value is -0.890. The van der Waals surface area contributed by atoms with Gasteiger partial charge in [-0.3, -0.25) is 0 Å². The van der Waals surface area contributed by atoms with Crippen molar-refractivity contribution in [3.63, 3.8) is 0 Å². The van der Waals surface area contributed by atoms with E-state index in [1.54, 1.807) is 0 Å². The summed E-state index contributed by atoms with van der Waals surface area (Å²) in [6, 6.07) is 0. The molecule has 0 aliphatic heterocycles. The van der Waals surface area contributed by atoms with Crippen molar-refractivity contribution in [1.29, 1.82) is 0 Å². The van der Waals surface area contributed by atoms with Crippen molar-refractivity contribution in [3.8, 4) is 0 Å². The second-order valence-electron chi connectivity index (χ2n) is 4.07. The summed E-state index contributed by atoms with van der Waals surface area (Å²) >= 11 is 0. The highest BCUT2D eigenvalue weighted by Gasteiger charge is 2.03. The van der Waals surface area contributed by atoms with E-state index in [2.05, 4.69) is 17.0 Å². The Kier molecular flexibility index (Phi) is 12.9. The second-order valence-corrected chi connectivity index (χ2v) is 4.07. The first kappa shape index (κ1) is 18.1. The number of hydrogen-bond donors (Lipinski definition) is 3. The highest BCUT2D eigenvalue weighted by atomic mass is 16.5. The van der Waals surface area contributed by atoms with Gasteiger partial charge in [-0.15, -0.1) is 0 Å². The van der Waals surface area contributed by atoms with Crippen LogP contribution in [0.4, 0.5) is 4.79 Å². The first-order chi connectivity index (χ1) is 9.16. The Balaban J connectivity index is 3.16. The maximum absolute atomic E-state index is 10.3. The van der Waals surface area contributed by atoms with Crippen LogP contribution in [0.3, 0.4) is 0 Å². The van der Waals surface area contributed by atoms with E-state index in [9.17, 15) is 9.90 Å². The monoisotopic (exact) mass is 278 g/mol. The van der Waals surface area contributed by atoms with Crippen molar-refractivity contribution in [1.82, 2.24) is 5.32 Å². The fraction of sp³-hybridized carbons (Fsp3) is 0.917. The third kappa shape index (κ3) is 15.1. The summed E-state index contributed by atoms with van der Waals surface area (Å²) in [4.78, 5) is 10.3. The number of nitrogens with two attached hydrogens (primary N) is 1. The third-order valence-corrected chi connectivity index (χ3v) is 2.23. The van der Waals surface area contributed by atoms with Gasteiger partial charge in [0.1, 0.15) is 6.61 Å². The SMILES string of the molecule is CCCCOCCOCC(O)CNCCOC(N)=O. The van der Waals surface area contributed by atoms with Gasteiger partial charge in [-0.05, 0) is 6.42 Å². The van der Waals surface area contributed by atoms with Crippen LogP contribution in [0.2, 0.25) is 0 Å². The molecule has 7 nitrogen and oxygen atoms in total. The van der Waals surface area contributed by atoms with Crippen LogP contribution in [-0.2, 0) is 14.2 Å². The molecule has 7 heteroatoms. The lowest BCUT2D eigenvalue weighted by molar-refractivity contribution is 0.00372. The quantitative estimate of drug-likeness (QED) is 0.405. The van der Waals surface area contributed by atoms with Crippen LogP contribution in [0.1, 0.15) is 19.8 Å². The molecule has 0 saturated heterocycles. The Labute approximate surface area is 114 Å². The summed E-state index contributed by atoms with van der Waals surface area (Å²) in [5, 5.41) is 12.5. The molecule has 1 atom stereocenters. The number of carbonyl (C=O) groups excluding carboxylic acids is 1. The smallest absolute Gasteiger partial charge is 0.404 e. The molecule has 0 aromatic rings. The fourth-order valence-corrected chi connectivity index (χ4v) is 1.24. The highest BCUT2D eigenvalue weighted by molar-refractivity contribution is 5.64. The molecule has 1 amide bonds. The van der Waals surface area contributed by atoms with Crippen LogP contribution in [-0.4, -0.2) is 63.4 Å². The lowest BCUT2D eigenvalue weighted by Gasteiger charge is -2.12. The Morgan fingerprint density at radius 2 is 2.00 bits per heavy atom. The number of nitrogens with one attached hydrogen (secondary N) is 1. The van der Waals surface area contributed by atoms with Crippen molar-refractivity contribution in [3.05, 3.63) is 0 Å². The second kappa shape index (κ2) is 13.5. The van der Waals surface area contributed by atoms with Gasteiger partial charge in [0.05, 0.1) is 25.9 Å². The van der Waals surface area contributed by atoms with Crippen LogP contribution < -0.4 is 11.1 Å². The number of primary amides is 1. The van der Waals surface area contributed by atoms with Gasteiger partial charge in [-0.1, -0.05) is 13.3 Å². The van der Waals surface area contributed by atoms with Crippen molar-refractivity contribution >= 4 is 6.09 Å². The molecule has 4 N–H and O–H groups in total. The predicted octanol–water partition coefficient (Wildman–Crippen LogP) is -0.134. The maximum Gasteiger partial charge on any atom is 0.404 e. The molecule has 0 heterocycles. The van der Waals surface area contributed by atoms with Gasteiger partial charge in [-0.2, -0.15) is 0 Å². The first-order valence-corrected chi connectivity index (χ1v) is 6.63. The average molecular weight is 278 g/mol. The van der Waals surface area contributed by atoms with Crippen LogP contribution in [0.15, 0.2) is 0 Å². The normalized spacial score (nSPS) is 12.3.